The minimum Gasteiger partial charge on any atom is -0.355 e. The van der Waals surface area contributed by atoms with E-state index in [0.29, 0.717) is 12.6 Å². The van der Waals surface area contributed by atoms with Gasteiger partial charge in [-0.25, -0.2) is 0 Å². The first-order chi connectivity index (χ1) is 10.8. The molecule has 1 atom stereocenters. The summed E-state index contributed by atoms with van der Waals surface area (Å²) in [6, 6.07) is 0.394. The highest BCUT2D eigenvalue weighted by molar-refractivity contribution is 5.78. The van der Waals surface area contributed by atoms with E-state index in [4.69, 9.17) is 0 Å². The predicted octanol–water partition coefficient (Wildman–Crippen LogP) is 1.87. The number of alkyl halides is 3. The molecule has 23 heavy (non-hydrogen) atoms. The summed E-state index contributed by atoms with van der Waals surface area (Å²) in [7, 11) is 0. The molecule has 1 saturated heterocycles. The topological polar surface area (TPSA) is 71.3 Å². The summed E-state index contributed by atoms with van der Waals surface area (Å²) in [6.45, 7) is 6.08. The van der Waals surface area contributed by atoms with E-state index >= 15 is 0 Å². The molecule has 2 heterocycles. The lowest BCUT2D eigenvalue weighted by Gasteiger charge is -2.34. The van der Waals surface area contributed by atoms with E-state index in [1.165, 1.54) is 0 Å². The number of carbonyl (C=O) groups excluding carboxylic acids is 1. The Morgan fingerprint density at radius 3 is 2.83 bits per heavy atom. The summed E-state index contributed by atoms with van der Waals surface area (Å²) in [5.74, 6) is -1.58. The standard InChI is InChI=1S/C14H21F3N4O2/c1-9(2)21-7-3-4-10(8-21)12(22)18-6-5-11-19-13(23-20-11)14(15,16)17/h9-10H,3-8H2,1-2H3,(H,18,22)/t10-/m0/s1. The molecule has 1 aromatic rings. The van der Waals surface area contributed by atoms with Gasteiger partial charge in [-0.2, -0.15) is 18.2 Å². The van der Waals surface area contributed by atoms with Crippen LogP contribution in [0.3, 0.4) is 0 Å². The van der Waals surface area contributed by atoms with E-state index in [1.54, 1.807) is 0 Å². The third-order valence-corrected chi connectivity index (χ3v) is 3.91. The molecule has 1 fully saturated rings. The lowest BCUT2D eigenvalue weighted by Crippen LogP contribution is -2.45. The average molecular weight is 334 g/mol. The first kappa shape index (κ1) is 17.7. The highest BCUT2D eigenvalue weighted by Gasteiger charge is 2.38. The molecule has 0 bridgehead atoms. The molecule has 0 unspecified atom stereocenters. The minimum atomic E-state index is -4.64. The van der Waals surface area contributed by atoms with E-state index in [-0.39, 0.29) is 30.6 Å². The highest BCUT2D eigenvalue weighted by atomic mass is 19.4. The van der Waals surface area contributed by atoms with Crippen molar-refractivity contribution in [2.75, 3.05) is 19.6 Å². The zero-order chi connectivity index (χ0) is 17.0. The van der Waals surface area contributed by atoms with Gasteiger partial charge in [0.15, 0.2) is 5.82 Å². The molecule has 1 N–H and O–H groups in total. The Balaban J connectivity index is 1.77. The van der Waals surface area contributed by atoms with Crippen LogP contribution in [0.4, 0.5) is 13.2 Å². The summed E-state index contributed by atoms with van der Waals surface area (Å²) in [6.07, 6.45) is -2.74. The van der Waals surface area contributed by atoms with Crippen LogP contribution in [0.15, 0.2) is 4.52 Å². The minimum absolute atomic E-state index is 0.0647. The molecule has 0 aliphatic carbocycles. The van der Waals surface area contributed by atoms with E-state index < -0.39 is 12.1 Å². The van der Waals surface area contributed by atoms with Crippen LogP contribution in [0.25, 0.3) is 0 Å². The number of hydrogen-bond donors (Lipinski definition) is 1. The van der Waals surface area contributed by atoms with Crippen molar-refractivity contribution in [1.29, 1.82) is 0 Å². The van der Waals surface area contributed by atoms with E-state index in [1.807, 2.05) is 0 Å². The molecule has 0 saturated carbocycles. The molecular formula is C14H21F3N4O2. The SMILES string of the molecule is CC(C)N1CCC[C@H](C(=O)NCCc2noc(C(F)(F)F)n2)C1. The number of likely N-dealkylation sites (tertiary alicyclic amines) is 1. The van der Waals surface area contributed by atoms with Gasteiger partial charge in [-0.1, -0.05) is 5.16 Å². The molecule has 6 nitrogen and oxygen atoms in total. The summed E-state index contributed by atoms with van der Waals surface area (Å²) in [5, 5.41) is 6.00. The molecule has 0 radical (unpaired) electrons. The van der Waals surface area contributed by atoms with Crippen LogP contribution in [-0.2, 0) is 17.4 Å². The predicted molar refractivity (Wildman–Crippen MR) is 75.4 cm³/mol. The van der Waals surface area contributed by atoms with Gasteiger partial charge in [0, 0.05) is 25.6 Å². The number of nitrogens with zero attached hydrogens (tertiary/aromatic N) is 3. The molecular weight excluding hydrogens is 313 g/mol. The molecule has 1 aromatic heterocycles. The van der Waals surface area contributed by atoms with Crippen molar-refractivity contribution in [1.82, 2.24) is 20.4 Å². The quantitative estimate of drug-likeness (QED) is 0.890. The van der Waals surface area contributed by atoms with E-state index in [2.05, 4.69) is 38.7 Å². The molecule has 9 heteroatoms. The Labute approximate surface area is 132 Å². The number of rotatable bonds is 5. The number of piperidine rings is 1. The molecule has 1 amide bonds. The first-order valence-electron chi connectivity index (χ1n) is 7.69. The number of hydrogen-bond acceptors (Lipinski definition) is 5. The fourth-order valence-electron chi connectivity index (χ4n) is 2.60. The zero-order valence-electron chi connectivity index (χ0n) is 13.2. The smallest absolute Gasteiger partial charge is 0.355 e. The van der Waals surface area contributed by atoms with Crippen LogP contribution in [0.5, 0.6) is 0 Å². The van der Waals surface area contributed by atoms with Crippen molar-refractivity contribution in [2.45, 2.75) is 45.3 Å². The number of amides is 1. The van der Waals surface area contributed by atoms with Crippen molar-refractivity contribution in [2.24, 2.45) is 5.92 Å². The van der Waals surface area contributed by atoms with Crippen LogP contribution < -0.4 is 5.32 Å². The van der Waals surface area contributed by atoms with Gasteiger partial charge < -0.3 is 14.7 Å². The van der Waals surface area contributed by atoms with Gasteiger partial charge in [0.25, 0.3) is 0 Å². The molecule has 2 rings (SSSR count). The van der Waals surface area contributed by atoms with Gasteiger partial charge in [-0.15, -0.1) is 0 Å². The Morgan fingerprint density at radius 2 is 2.22 bits per heavy atom. The Kier molecular flexibility index (Phi) is 5.61. The average Bonchev–Trinajstić information content (AvgIpc) is 2.96. The van der Waals surface area contributed by atoms with Gasteiger partial charge in [0.05, 0.1) is 5.92 Å². The maximum atomic E-state index is 12.3. The summed E-state index contributed by atoms with van der Waals surface area (Å²) >= 11 is 0. The molecule has 130 valence electrons. The summed E-state index contributed by atoms with van der Waals surface area (Å²) < 4.78 is 41.1. The number of nitrogens with one attached hydrogen (secondary N) is 1. The van der Waals surface area contributed by atoms with Crippen molar-refractivity contribution in [3.63, 3.8) is 0 Å². The van der Waals surface area contributed by atoms with Gasteiger partial charge in [-0.3, -0.25) is 4.79 Å². The number of halogens is 3. The normalized spacial score (nSPS) is 20.0. The zero-order valence-corrected chi connectivity index (χ0v) is 13.2. The van der Waals surface area contributed by atoms with Crippen LogP contribution in [0.2, 0.25) is 0 Å². The summed E-state index contributed by atoms with van der Waals surface area (Å²) in [5.41, 5.74) is 0. The summed E-state index contributed by atoms with van der Waals surface area (Å²) in [4.78, 5) is 17.7. The fraction of sp³-hybridized carbons (Fsp3) is 0.786. The third kappa shape index (κ3) is 4.92. The monoisotopic (exact) mass is 334 g/mol. The van der Waals surface area contributed by atoms with Gasteiger partial charge in [0.2, 0.25) is 5.91 Å². The van der Waals surface area contributed by atoms with Crippen molar-refractivity contribution < 1.29 is 22.5 Å². The fourth-order valence-corrected chi connectivity index (χ4v) is 2.60. The Morgan fingerprint density at radius 1 is 1.48 bits per heavy atom. The van der Waals surface area contributed by atoms with Crippen molar-refractivity contribution in [3.8, 4) is 0 Å². The third-order valence-electron chi connectivity index (χ3n) is 3.91. The lowest BCUT2D eigenvalue weighted by molar-refractivity contribution is -0.159. The second-order valence-corrected chi connectivity index (χ2v) is 5.98. The molecule has 0 spiro atoms. The second kappa shape index (κ2) is 7.29. The van der Waals surface area contributed by atoms with Gasteiger partial charge >= 0.3 is 12.1 Å². The second-order valence-electron chi connectivity index (χ2n) is 5.98. The first-order valence-corrected chi connectivity index (χ1v) is 7.69. The van der Waals surface area contributed by atoms with E-state index in [9.17, 15) is 18.0 Å². The largest absolute Gasteiger partial charge is 0.471 e. The maximum Gasteiger partial charge on any atom is 0.471 e. The number of aromatic nitrogens is 2. The Bertz CT molecular complexity index is 530. The molecule has 0 aromatic carbocycles. The van der Waals surface area contributed by atoms with Crippen LogP contribution >= 0.6 is 0 Å². The molecule has 1 aliphatic heterocycles. The Hall–Kier alpha value is -1.64. The van der Waals surface area contributed by atoms with Gasteiger partial charge in [0.1, 0.15) is 0 Å². The van der Waals surface area contributed by atoms with Crippen molar-refractivity contribution in [3.05, 3.63) is 11.7 Å². The van der Waals surface area contributed by atoms with Gasteiger partial charge in [-0.05, 0) is 33.2 Å². The van der Waals surface area contributed by atoms with Crippen molar-refractivity contribution >= 4 is 5.91 Å². The van der Waals surface area contributed by atoms with Crippen LogP contribution in [-0.4, -0.2) is 46.6 Å². The lowest BCUT2D eigenvalue weighted by atomic mass is 9.96. The molecule has 1 aliphatic rings. The maximum absolute atomic E-state index is 12.3. The highest BCUT2D eigenvalue weighted by Crippen LogP contribution is 2.27. The number of carbonyl (C=O) groups is 1. The van der Waals surface area contributed by atoms with Crippen LogP contribution in [0.1, 0.15) is 38.4 Å². The van der Waals surface area contributed by atoms with Crippen LogP contribution in [0, 0.1) is 5.92 Å². The van der Waals surface area contributed by atoms with E-state index in [0.717, 1.165) is 19.4 Å².